The molecule has 1 aromatic carbocycles. The number of pyridine rings is 2. The number of ether oxygens (including phenoxy) is 1. The summed E-state index contributed by atoms with van der Waals surface area (Å²) in [5, 5.41) is 8.95. The molecule has 0 N–H and O–H groups in total. The lowest BCUT2D eigenvalue weighted by molar-refractivity contribution is 0.292. The van der Waals surface area contributed by atoms with Crippen molar-refractivity contribution in [3.63, 3.8) is 0 Å². The molecule has 0 bridgehead atoms. The van der Waals surface area contributed by atoms with Gasteiger partial charge in [0.2, 0.25) is 5.88 Å². The Bertz CT molecular complexity index is 1220. The zero-order valence-electron chi connectivity index (χ0n) is 15.8. The van der Waals surface area contributed by atoms with Gasteiger partial charge in [-0.2, -0.15) is 0 Å². The fourth-order valence-electron chi connectivity index (χ4n) is 3.16. The molecular weight excluding hydrogens is 364 g/mol. The van der Waals surface area contributed by atoms with E-state index >= 15 is 0 Å². The van der Waals surface area contributed by atoms with Crippen LogP contribution in [-0.2, 0) is 13.7 Å². The van der Waals surface area contributed by atoms with Gasteiger partial charge in [-0.3, -0.25) is 9.67 Å². The molecule has 0 atom stereocenters. The minimum Gasteiger partial charge on any atom is -0.471 e. The standard InChI is InChI=1S/C22H18N6O/c1-27-14-19(17-9-11-23-12-10-17)22(26-27)29-15-16-5-7-18(8-6-16)21-24-20-4-2-3-13-28(20)25-21/h2-14H,15H2,1H3. The first-order valence-electron chi connectivity index (χ1n) is 9.24. The molecule has 4 aromatic heterocycles. The van der Waals surface area contributed by atoms with Crippen molar-refractivity contribution in [1.82, 2.24) is 29.4 Å². The van der Waals surface area contributed by atoms with E-state index in [1.807, 2.05) is 74.0 Å². The van der Waals surface area contributed by atoms with Crippen molar-refractivity contribution < 1.29 is 4.74 Å². The number of rotatable bonds is 5. The summed E-state index contributed by atoms with van der Waals surface area (Å²) in [5.74, 6) is 1.30. The molecule has 0 spiro atoms. The zero-order chi connectivity index (χ0) is 19.6. The molecular formula is C22H18N6O. The summed E-state index contributed by atoms with van der Waals surface area (Å²) >= 11 is 0. The Morgan fingerprint density at radius 2 is 1.72 bits per heavy atom. The van der Waals surface area contributed by atoms with Crippen LogP contribution in [0.15, 0.2) is 79.4 Å². The monoisotopic (exact) mass is 382 g/mol. The lowest BCUT2D eigenvalue weighted by atomic mass is 10.1. The van der Waals surface area contributed by atoms with Gasteiger partial charge in [0.05, 0.1) is 5.56 Å². The highest BCUT2D eigenvalue weighted by Crippen LogP contribution is 2.28. The molecule has 142 valence electrons. The van der Waals surface area contributed by atoms with Crippen molar-refractivity contribution >= 4 is 5.65 Å². The molecule has 0 aliphatic heterocycles. The highest BCUT2D eigenvalue weighted by molar-refractivity contribution is 5.67. The average Bonchev–Trinajstić information content (AvgIpc) is 3.36. The van der Waals surface area contributed by atoms with Crippen LogP contribution in [0, 0.1) is 0 Å². The van der Waals surface area contributed by atoms with E-state index in [0.29, 0.717) is 18.3 Å². The number of nitrogens with zero attached hydrogens (tertiary/aromatic N) is 6. The average molecular weight is 382 g/mol. The summed E-state index contributed by atoms with van der Waals surface area (Å²) in [7, 11) is 1.88. The highest BCUT2D eigenvalue weighted by Gasteiger charge is 2.12. The summed E-state index contributed by atoms with van der Waals surface area (Å²) in [6.07, 6.45) is 7.36. The second-order valence-corrected chi connectivity index (χ2v) is 6.68. The number of aromatic nitrogens is 6. The molecule has 0 amide bonds. The van der Waals surface area contributed by atoms with E-state index in [9.17, 15) is 0 Å². The van der Waals surface area contributed by atoms with E-state index in [1.165, 1.54) is 0 Å². The molecule has 5 aromatic rings. The predicted molar refractivity (Wildman–Crippen MR) is 109 cm³/mol. The van der Waals surface area contributed by atoms with Crippen LogP contribution in [-0.4, -0.2) is 29.4 Å². The van der Waals surface area contributed by atoms with Gasteiger partial charge in [0.25, 0.3) is 0 Å². The van der Waals surface area contributed by atoms with E-state index < -0.39 is 0 Å². The highest BCUT2D eigenvalue weighted by atomic mass is 16.5. The van der Waals surface area contributed by atoms with Crippen LogP contribution in [0.4, 0.5) is 0 Å². The number of hydrogen-bond acceptors (Lipinski definition) is 5. The minimum absolute atomic E-state index is 0.425. The fourth-order valence-corrected chi connectivity index (χ4v) is 3.16. The van der Waals surface area contributed by atoms with Gasteiger partial charge in [-0.05, 0) is 35.4 Å². The zero-order valence-corrected chi connectivity index (χ0v) is 15.8. The third-order valence-corrected chi connectivity index (χ3v) is 4.62. The maximum Gasteiger partial charge on any atom is 0.241 e. The smallest absolute Gasteiger partial charge is 0.241 e. The molecule has 0 unspecified atom stereocenters. The molecule has 0 aliphatic carbocycles. The topological polar surface area (TPSA) is 70.1 Å². The van der Waals surface area contributed by atoms with Gasteiger partial charge in [0, 0.05) is 37.4 Å². The van der Waals surface area contributed by atoms with Crippen LogP contribution in [0.25, 0.3) is 28.2 Å². The van der Waals surface area contributed by atoms with Gasteiger partial charge >= 0.3 is 0 Å². The van der Waals surface area contributed by atoms with Crippen molar-refractivity contribution in [2.24, 2.45) is 7.05 Å². The molecule has 0 aliphatic rings. The number of benzene rings is 1. The summed E-state index contributed by atoms with van der Waals surface area (Å²) in [4.78, 5) is 8.63. The molecule has 7 nitrogen and oxygen atoms in total. The van der Waals surface area contributed by atoms with Gasteiger partial charge in [0.15, 0.2) is 11.5 Å². The van der Waals surface area contributed by atoms with Crippen LogP contribution < -0.4 is 4.74 Å². The van der Waals surface area contributed by atoms with Gasteiger partial charge in [-0.1, -0.05) is 30.3 Å². The summed E-state index contributed by atoms with van der Waals surface area (Å²) in [5.41, 5.74) is 4.81. The van der Waals surface area contributed by atoms with Gasteiger partial charge < -0.3 is 4.74 Å². The SMILES string of the molecule is Cn1cc(-c2ccncc2)c(OCc2ccc(-c3nc4ccccn4n3)cc2)n1. The van der Waals surface area contributed by atoms with Crippen molar-refractivity contribution in [2.75, 3.05) is 0 Å². The second-order valence-electron chi connectivity index (χ2n) is 6.68. The first kappa shape index (κ1) is 17.1. The minimum atomic E-state index is 0.425. The van der Waals surface area contributed by atoms with E-state index in [0.717, 1.165) is 27.9 Å². The first-order chi connectivity index (χ1) is 14.3. The van der Waals surface area contributed by atoms with Crippen LogP contribution in [0.2, 0.25) is 0 Å². The van der Waals surface area contributed by atoms with E-state index in [1.54, 1.807) is 21.6 Å². The maximum atomic E-state index is 6.00. The fraction of sp³-hybridized carbons (Fsp3) is 0.0909. The van der Waals surface area contributed by atoms with Crippen LogP contribution in [0.3, 0.4) is 0 Å². The molecule has 0 radical (unpaired) electrons. The molecule has 0 saturated carbocycles. The molecule has 7 heteroatoms. The van der Waals surface area contributed by atoms with Crippen LogP contribution in [0.1, 0.15) is 5.56 Å². The third-order valence-electron chi connectivity index (χ3n) is 4.62. The van der Waals surface area contributed by atoms with E-state index in [2.05, 4.69) is 20.2 Å². The lowest BCUT2D eigenvalue weighted by Gasteiger charge is -2.06. The van der Waals surface area contributed by atoms with Crippen molar-refractivity contribution in [3.05, 3.63) is 84.9 Å². The Labute approximate surface area is 167 Å². The summed E-state index contributed by atoms with van der Waals surface area (Å²) in [6, 6.07) is 17.8. The summed E-state index contributed by atoms with van der Waals surface area (Å²) in [6.45, 7) is 0.425. The normalized spacial score (nSPS) is 11.1. The van der Waals surface area contributed by atoms with Crippen LogP contribution >= 0.6 is 0 Å². The quantitative estimate of drug-likeness (QED) is 0.463. The van der Waals surface area contributed by atoms with Crippen molar-refractivity contribution in [1.29, 1.82) is 0 Å². The second kappa shape index (κ2) is 7.20. The Kier molecular flexibility index (Phi) is 4.25. The Balaban J connectivity index is 1.33. The molecule has 29 heavy (non-hydrogen) atoms. The molecule has 0 saturated heterocycles. The first-order valence-corrected chi connectivity index (χ1v) is 9.24. The largest absolute Gasteiger partial charge is 0.471 e. The van der Waals surface area contributed by atoms with Crippen LogP contribution in [0.5, 0.6) is 5.88 Å². The lowest BCUT2D eigenvalue weighted by Crippen LogP contribution is -1.98. The number of hydrogen-bond donors (Lipinski definition) is 0. The van der Waals surface area contributed by atoms with Crippen molar-refractivity contribution in [3.8, 4) is 28.4 Å². The van der Waals surface area contributed by atoms with E-state index in [-0.39, 0.29) is 0 Å². The Morgan fingerprint density at radius 3 is 2.52 bits per heavy atom. The number of fused-ring (bicyclic) bond motifs is 1. The van der Waals surface area contributed by atoms with Gasteiger partial charge in [-0.15, -0.1) is 10.2 Å². The number of aryl methyl sites for hydroxylation is 1. The Morgan fingerprint density at radius 1 is 0.897 bits per heavy atom. The van der Waals surface area contributed by atoms with Crippen molar-refractivity contribution in [2.45, 2.75) is 6.61 Å². The summed E-state index contributed by atoms with van der Waals surface area (Å²) < 4.78 is 9.53. The predicted octanol–water partition coefficient (Wildman–Crippen LogP) is 3.77. The van der Waals surface area contributed by atoms with Gasteiger partial charge in [0.1, 0.15) is 6.61 Å². The third kappa shape index (κ3) is 3.45. The van der Waals surface area contributed by atoms with E-state index in [4.69, 9.17) is 4.74 Å². The molecule has 4 heterocycles. The Hall–Kier alpha value is -4.00. The maximum absolute atomic E-state index is 6.00. The molecule has 0 fully saturated rings. The molecule has 5 rings (SSSR count). The van der Waals surface area contributed by atoms with Gasteiger partial charge in [-0.25, -0.2) is 9.50 Å².